The van der Waals surface area contributed by atoms with E-state index in [2.05, 4.69) is 5.32 Å². The second kappa shape index (κ2) is 7.25. The minimum Gasteiger partial charge on any atom is -0.465 e. The van der Waals surface area contributed by atoms with E-state index in [1.54, 1.807) is 11.8 Å². The first kappa shape index (κ1) is 16.3. The first-order valence-corrected chi connectivity index (χ1v) is 8.24. The lowest BCUT2D eigenvalue weighted by atomic mass is 9.79. The van der Waals surface area contributed by atoms with Gasteiger partial charge in [-0.1, -0.05) is 19.3 Å². The number of nitrogens with one attached hydrogen (secondary N) is 1. The highest BCUT2D eigenvalue weighted by Gasteiger charge is 2.39. The Morgan fingerprint density at radius 3 is 2.43 bits per heavy atom. The van der Waals surface area contributed by atoms with Gasteiger partial charge in [0, 0.05) is 18.0 Å². The van der Waals surface area contributed by atoms with Crippen LogP contribution in [0.4, 0.5) is 0 Å². The molecule has 0 aliphatic heterocycles. The largest absolute Gasteiger partial charge is 0.465 e. The van der Waals surface area contributed by atoms with Crippen LogP contribution < -0.4 is 5.32 Å². The van der Waals surface area contributed by atoms with Crippen LogP contribution in [0.3, 0.4) is 0 Å². The molecule has 1 N–H and O–H groups in total. The predicted molar refractivity (Wildman–Crippen MR) is 80.9 cm³/mol. The zero-order valence-corrected chi connectivity index (χ0v) is 13.3. The van der Waals surface area contributed by atoms with Gasteiger partial charge in [-0.3, -0.25) is 9.59 Å². The number of hydrogen-bond donors (Lipinski definition) is 1. The van der Waals surface area contributed by atoms with Gasteiger partial charge in [-0.05, 0) is 39.7 Å². The molecule has 2 rings (SSSR count). The zero-order chi connectivity index (χ0) is 15.3. The van der Waals surface area contributed by atoms with Crippen LogP contribution in [0.1, 0.15) is 58.3 Å². The number of carbonyl (C=O) groups excluding carboxylic acids is 2. The SMILES string of the molecule is CCOC(=O)CN(C(=O)CC1(NC)CCCCC1)C1CC1. The molecule has 0 aromatic heterocycles. The average molecular weight is 296 g/mol. The maximum Gasteiger partial charge on any atom is 0.325 e. The summed E-state index contributed by atoms with van der Waals surface area (Å²) in [5.74, 6) is -0.193. The number of nitrogens with zero attached hydrogens (tertiary/aromatic N) is 1. The van der Waals surface area contributed by atoms with Crippen molar-refractivity contribution in [2.75, 3.05) is 20.2 Å². The number of esters is 1. The third-order valence-corrected chi connectivity index (χ3v) is 4.74. The van der Waals surface area contributed by atoms with Crippen LogP contribution in [-0.4, -0.2) is 48.6 Å². The van der Waals surface area contributed by atoms with Crippen LogP contribution in [0, 0.1) is 0 Å². The third kappa shape index (κ3) is 4.43. The van der Waals surface area contributed by atoms with Crippen molar-refractivity contribution in [3.05, 3.63) is 0 Å². The molecular weight excluding hydrogens is 268 g/mol. The Morgan fingerprint density at radius 2 is 1.90 bits per heavy atom. The molecule has 2 aliphatic rings. The van der Waals surface area contributed by atoms with E-state index in [0.29, 0.717) is 13.0 Å². The number of hydrogen-bond acceptors (Lipinski definition) is 4. The standard InChI is InChI=1S/C16H28N2O3/c1-3-21-15(20)12-18(13-7-8-13)14(19)11-16(17-2)9-5-4-6-10-16/h13,17H,3-12H2,1-2H3. The summed E-state index contributed by atoms with van der Waals surface area (Å²) >= 11 is 0. The molecule has 0 atom stereocenters. The van der Waals surface area contributed by atoms with Crippen LogP contribution in [0.15, 0.2) is 0 Å². The highest BCUT2D eigenvalue weighted by Crippen LogP contribution is 2.33. The monoisotopic (exact) mass is 296 g/mol. The van der Waals surface area contributed by atoms with Gasteiger partial charge in [-0.2, -0.15) is 0 Å². The summed E-state index contributed by atoms with van der Waals surface area (Å²) in [6, 6.07) is 0.249. The van der Waals surface area contributed by atoms with Gasteiger partial charge in [0.2, 0.25) is 5.91 Å². The van der Waals surface area contributed by atoms with Gasteiger partial charge in [-0.25, -0.2) is 0 Å². The summed E-state index contributed by atoms with van der Waals surface area (Å²) in [6.07, 6.45) is 8.23. The molecule has 5 nitrogen and oxygen atoms in total. The van der Waals surface area contributed by atoms with Gasteiger partial charge in [0.1, 0.15) is 6.54 Å². The van der Waals surface area contributed by atoms with Crippen molar-refractivity contribution in [3.8, 4) is 0 Å². The fraction of sp³-hybridized carbons (Fsp3) is 0.875. The fourth-order valence-electron chi connectivity index (χ4n) is 3.29. The highest BCUT2D eigenvalue weighted by molar-refractivity contribution is 5.83. The molecule has 5 heteroatoms. The summed E-state index contributed by atoms with van der Waals surface area (Å²) < 4.78 is 4.99. The molecule has 0 saturated heterocycles. The van der Waals surface area contributed by atoms with Crippen molar-refractivity contribution < 1.29 is 14.3 Å². The molecule has 0 radical (unpaired) electrons. The Balaban J connectivity index is 1.96. The summed E-state index contributed by atoms with van der Waals surface area (Å²) in [5.41, 5.74) is -0.0723. The van der Waals surface area contributed by atoms with Gasteiger partial charge < -0.3 is 15.0 Å². The first-order chi connectivity index (χ1) is 10.1. The molecule has 21 heavy (non-hydrogen) atoms. The lowest BCUT2D eigenvalue weighted by molar-refractivity contribution is -0.150. The van der Waals surface area contributed by atoms with Crippen molar-refractivity contribution in [2.45, 2.75) is 69.9 Å². The Morgan fingerprint density at radius 1 is 1.24 bits per heavy atom. The van der Waals surface area contributed by atoms with Gasteiger partial charge in [-0.15, -0.1) is 0 Å². The summed E-state index contributed by atoms with van der Waals surface area (Å²) in [6.45, 7) is 2.27. The maximum atomic E-state index is 12.7. The summed E-state index contributed by atoms with van der Waals surface area (Å²) in [5, 5.41) is 3.38. The second-order valence-electron chi connectivity index (χ2n) is 6.33. The van der Waals surface area contributed by atoms with E-state index in [1.165, 1.54) is 19.3 Å². The van der Waals surface area contributed by atoms with E-state index in [0.717, 1.165) is 25.7 Å². The number of rotatable bonds is 7. The molecule has 0 aromatic rings. The fourth-order valence-corrected chi connectivity index (χ4v) is 3.29. The van der Waals surface area contributed by atoms with Crippen molar-refractivity contribution in [1.29, 1.82) is 0 Å². The molecule has 1 amide bonds. The van der Waals surface area contributed by atoms with Gasteiger partial charge in [0.05, 0.1) is 6.61 Å². The lowest BCUT2D eigenvalue weighted by Crippen LogP contribution is -2.50. The van der Waals surface area contributed by atoms with E-state index in [-0.39, 0.29) is 30.0 Å². The van der Waals surface area contributed by atoms with Gasteiger partial charge in [0.25, 0.3) is 0 Å². The molecule has 0 unspecified atom stereocenters. The molecular formula is C16H28N2O3. The van der Waals surface area contributed by atoms with Crippen LogP contribution in [-0.2, 0) is 14.3 Å². The smallest absolute Gasteiger partial charge is 0.325 e. The van der Waals surface area contributed by atoms with Crippen LogP contribution in [0.5, 0.6) is 0 Å². The molecule has 0 bridgehead atoms. The maximum absolute atomic E-state index is 12.7. The van der Waals surface area contributed by atoms with Gasteiger partial charge in [0.15, 0.2) is 0 Å². The number of ether oxygens (including phenoxy) is 1. The van der Waals surface area contributed by atoms with E-state index in [4.69, 9.17) is 4.74 Å². The topological polar surface area (TPSA) is 58.6 Å². The Hall–Kier alpha value is -1.10. The Labute approximate surface area is 127 Å². The molecule has 2 aliphatic carbocycles. The van der Waals surface area contributed by atoms with Crippen molar-refractivity contribution >= 4 is 11.9 Å². The molecule has 0 spiro atoms. The van der Waals surface area contributed by atoms with Crippen molar-refractivity contribution in [1.82, 2.24) is 10.2 Å². The normalized spacial score (nSPS) is 20.9. The summed E-state index contributed by atoms with van der Waals surface area (Å²) in [7, 11) is 1.95. The number of carbonyl (C=O) groups is 2. The highest BCUT2D eigenvalue weighted by atomic mass is 16.5. The third-order valence-electron chi connectivity index (χ3n) is 4.74. The van der Waals surface area contributed by atoms with Crippen LogP contribution in [0.2, 0.25) is 0 Å². The van der Waals surface area contributed by atoms with Crippen molar-refractivity contribution in [2.24, 2.45) is 0 Å². The molecule has 2 saturated carbocycles. The summed E-state index contributed by atoms with van der Waals surface area (Å²) in [4.78, 5) is 26.1. The Bertz CT molecular complexity index is 374. The second-order valence-corrected chi connectivity index (χ2v) is 6.33. The molecule has 0 heterocycles. The zero-order valence-electron chi connectivity index (χ0n) is 13.3. The number of amides is 1. The lowest BCUT2D eigenvalue weighted by Gasteiger charge is -2.38. The van der Waals surface area contributed by atoms with Crippen LogP contribution in [0.25, 0.3) is 0 Å². The van der Waals surface area contributed by atoms with Crippen molar-refractivity contribution in [3.63, 3.8) is 0 Å². The minimum atomic E-state index is -0.292. The van der Waals surface area contributed by atoms with Crippen LogP contribution >= 0.6 is 0 Å². The van der Waals surface area contributed by atoms with E-state index in [1.807, 2.05) is 7.05 Å². The van der Waals surface area contributed by atoms with Gasteiger partial charge >= 0.3 is 5.97 Å². The Kier molecular flexibility index (Phi) is 5.62. The molecule has 2 fully saturated rings. The molecule has 0 aromatic carbocycles. The van der Waals surface area contributed by atoms with E-state index < -0.39 is 0 Å². The predicted octanol–water partition coefficient (Wildman–Crippen LogP) is 1.85. The first-order valence-electron chi connectivity index (χ1n) is 8.24. The molecule has 120 valence electrons. The minimum absolute atomic E-state index is 0.0723. The quantitative estimate of drug-likeness (QED) is 0.729. The van der Waals surface area contributed by atoms with E-state index >= 15 is 0 Å². The van der Waals surface area contributed by atoms with E-state index in [9.17, 15) is 9.59 Å². The average Bonchev–Trinajstić information content (AvgIpc) is 3.30.